The number of hydrogen-bond donors (Lipinski definition) is 2. The van der Waals surface area contributed by atoms with Gasteiger partial charge in [-0.1, -0.05) is 17.7 Å². The fourth-order valence-corrected chi connectivity index (χ4v) is 3.54. The zero-order chi connectivity index (χ0) is 22.1. The van der Waals surface area contributed by atoms with Crippen LogP contribution in [0.3, 0.4) is 0 Å². The fourth-order valence-electron chi connectivity index (χ4n) is 3.54. The summed E-state index contributed by atoms with van der Waals surface area (Å²) < 4.78 is 67.1. The maximum Gasteiger partial charge on any atom is 0.401 e. The fraction of sp³-hybridized carbons (Fsp3) is 0.650. The minimum Gasteiger partial charge on any atom is -0.434 e. The number of aliphatic imine (C=N–C) groups is 1. The molecule has 2 rings (SSSR count). The maximum atomic E-state index is 12.6. The molecule has 0 unspecified atom stereocenters. The first-order valence-electron chi connectivity index (χ1n) is 9.94. The minimum absolute atomic E-state index is 0. The smallest absolute Gasteiger partial charge is 0.401 e. The first-order chi connectivity index (χ1) is 14.2. The van der Waals surface area contributed by atoms with E-state index < -0.39 is 19.3 Å². The summed E-state index contributed by atoms with van der Waals surface area (Å²) in [7, 11) is 1.61. The van der Waals surface area contributed by atoms with Crippen molar-refractivity contribution in [3.63, 3.8) is 0 Å². The molecule has 0 radical (unpaired) electrons. The second kappa shape index (κ2) is 13.2. The molecule has 0 aromatic heterocycles. The van der Waals surface area contributed by atoms with Gasteiger partial charge in [-0.3, -0.25) is 9.89 Å². The molecule has 1 aliphatic rings. The van der Waals surface area contributed by atoms with E-state index in [1.807, 2.05) is 6.92 Å². The highest BCUT2D eigenvalue weighted by Gasteiger charge is 2.32. The number of nitrogens with one attached hydrogen (secondary N) is 2. The summed E-state index contributed by atoms with van der Waals surface area (Å²) in [6, 6.07) is 4.99. The lowest BCUT2D eigenvalue weighted by Gasteiger charge is -2.32. The van der Waals surface area contributed by atoms with Crippen molar-refractivity contribution in [1.82, 2.24) is 15.5 Å². The lowest BCUT2D eigenvalue weighted by molar-refractivity contribution is -0.148. The minimum atomic E-state index is -4.15. The third-order valence-electron chi connectivity index (χ3n) is 5.06. The second-order valence-corrected chi connectivity index (χ2v) is 7.47. The SMILES string of the molecule is CN=C(NCCC1CCN(CC(F)(F)F)CC1)NCc1cc(C)ccc1OC(F)F.I. The van der Waals surface area contributed by atoms with Gasteiger partial charge >= 0.3 is 12.8 Å². The van der Waals surface area contributed by atoms with Crippen molar-refractivity contribution >= 4 is 29.9 Å². The predicted octanol–water partition coefficient (Wildman–Crippen LogP) is 4.54. The highest BCUT2D eigenvalue weighted by atomic mass is 127. The van der Waals surface area contributed by atoms with Gasteiger partial charge in [-0.05, 0) is 51.3 Å². The Hall–Kier alpha value is -1.37. The number of nitrogens with zero attached hydrogens (tertiary/aromatic N) is 2. The van der Waals surface area contributed by atoms with Crippen LogP contribution in [0.2, 0.25) is 0 Å². The monoisotopic (exact) mass is 564 g/mol. The molecule has 0 atom stereocenters. The van der Waals surface area contributed by atoms with Crippen LogP contribution in [0.1, 0.15) is 30.4 Å². The third kappa shape index (κ3) is 10.7. The molecule has 0 amide bonds. The molecule has 1 heterocycles. The molecule has 0 spiro atoms. The Balaban J connectivity index is 0.00000480. The summed E-state index contributed by atoms with van der Waals surface area (Å²) in [6.45, 7) is -0.0780. The van der Waals surface area contributed by atoms with Gasteiger partial charge in [-0.25, -0.2) is 0 Å². The lowest BCUT2D eigenvalue weighted by Crippen LogP contribution is -2.41. The largest absolute Gasteiger partial charge is 0.434 e. The van der Waals surface area contributed by atoms with Gasteiger partial charge in [0, 0.05) is 25.7 Å². The van der Waals surface area contributed by atoms with Crippen molar-refractivity contribution in [1.29, 1.82) is 0 Å². The topological polar surface area (TPSA) is 48.9 Å². The lowest BCUT2D eigenvalue weighted by atomic mass is 9.93. The molecule has 0 saturated carbocycles. The summed E-state index contributed by atoms with van der Waals surface area (Å²) in [5.41, 5.74) is 1.52. The van der Waals surface area contributed by atoms with Gasteiger partial charge in [0.15, 0.2) is 5.96 Å². The van der Waals surface area contributed by atoms with E-state index in [-0.39, 0.29) is 36.3 Å². The number of piperidine rings is 1. The summed E-state index contributed by atoms with van der Waals surface area (Å²) >= 11 is 0. The molecule has 1 aromatic carbocycles. The molecule has 0 bridgehead atoms. The Kier molecular flexibility index (Phi) is 11.8. The number of rotatable bonds is 8. The first-order valence-corrected chi connectivity index (χ1v) is 9.94. The van der Waals surface area contributed by atoms with Gasteiger partial charge in [-0.15, -0.1) is 24.0 Å². The van der Waals surface area contributed by atoms with Crippen molar-refractivity contribution < 1.29 is 26.7 Å². The predicted molar refractivity (Wildman–Crippen MR) is 121 cm³/mol. The van der Waals surface area contributed by atoms with E-state index in [0.717, 1.165) is 24.8 Å². The third-order valence-corrected chi connectivity index (χ3v) is 5.06. The highest BCUT2D eigenvalue weighted by molar-refractivity contribution is 14.0. The van der Waals surface area contributed by atoms with Gasteiger partial charge in [0.25, 0.3) is 0 Å². The Labute approximate surface area is 196 Å². The van der Waals surface area contributed by atoms with Crippen molar-refractivity contribution in [2.45, 2.75) is 45.5 Å². The Morgan fingerprint density at radius 1 is 1.23 bits per heavy atom. The number of aryl methyl sites for hydroxylation is 1. The summed E-state index contributed by atoms with van der Waals surface area (Å²) in [5.74, 6) is 1.00. The number of ether oxygens (including phenoxy) is 1. The van der Waals surface area contributed by atoms with Gasteiger partial charge < -0.3 is 15.4 Å². The van der Waals surface area contributed by atoms with Gasteiger partial charge in [0.1, 0.15) is 5.75 Å². The van der Waals surface area contributed by atoms with Crippen LogP contribution in [0.4, 0.5) is 22.0 Å². The van der Waals surface area contributed by atoms with E-state index in [0.29, 0.717) is 37.1 Å². The van der Waals surface area contributed by atoms with E-state index in [2.05, 4.69) is 20.4 Å². The zero-order valence-electron chi connectivity index (χ0n) is 17.6. The van der Waals surface area contributed by atoms with Crippen LogP contribution < -0.4 is 15.4 Å². The van der Waals surface area contributed by atoms with Gasteiger partial charge in [-0.2, -0.15) is 22.0 Å². The van der Waals surface area contributed by atoms with Crippen molar-refractivity contribution in [3.05, 3.63) is 29.3 Å². The maximum absolute atomic E-state index is 12.6. The Morgan fingerprint density at radius 3 is 2.48 bits per heavy atom. The molecule has 178 valence electrons. The molecular formula is C20H30F5IN4O. The summed E-state index contributed by atoms with van der Waals surface area (Å²) in [6.07, 6.45) is -1.85. The Morgan fingerprint density at radius 2 is 1.90 bits per heavy atom. The number of likely N-dealkylation sites (tertiary alicyclic amines) is 1. The Bertz CT molecular complexity index is 695. The number of hydrogen-bond acceptors (Lipinski definition) is 3. The van der Waals surface area contributed by atoms with Gasteiger partial charge in [0.05, 0.1) is 6.54 Å². The van der Waals surface area contributed by atoms with E-state index >= 15 is 0 Å². The van der Waals surface area contributed by atoms with Crippen LogP contribution in [-0.4, -0.2) is 56.9 Å². The number of benzene rings is 1. The van der Waals surface area contributed by atoms with Crippen molar-refractivity contribution in [2.75, 3.05) is 33.2 Å². The summed E-state index contributed by atoms with van der Waals surface area (Å²) in [4.78, 5) is 5.57. The molecule has 0 aliphatic carbocycles. The van der Waals surface area contributed by atoms with Crippen LogP contribution >= 0.6 is 24.0 Å². The van der Waals surface area contributed by atoms with Crippen LogP contribution in [0.15, 0.2) is 23.2 Å². The van der Waals surface area contributed by atoms with E-state index in [1.165, 1.54) is 11.0 Å². The molecule has 5 nitrogen and oxygen atoms in total. The second-order valence-electron chi connectivity index (χ2n) is 7.47. The van der Waals surface area contributed by atoms with Crippen molar-refractivity contribution in [2.24, 2.45) is 10.9 Å². The number of halogens is 6. The molecular weight excluding hydrogens is 534 g/mol. The average molecular weight is 564 g/mol. The molecule has 1 saturated heterocycles. The molecule has 2 N–H and O–H groups in total. The van der Waals surface area contributed by atoms with Crippen LogP contribution in [0.5, 0.6) is 5.75 Å². The van der Waals surface area contributed by atoms with Crippen molar-refractivity contribution in [3.8, 4) is 5.75 Å². The number of guanidine groups is 1. The average Bonchev–Trinajstić information content (AvgIpc) is 2.66. The number of alkyl halides is 5. The zero-order valence-corrected chi connectivity index (χ0v) is 20.0. The van der Waals surface area contributed by atoms with Crippen LogP contribution in [-0.2, 0) is 6.54 Å². The highest BCUT2D eigenvalue weighted by Crippen LogP contribution is 2.24. The van der Waals surface area contributed by atoms with E-state index in [4.69, 9.17) is 0 Å². The standard InChI is InChI=1S/C20H29F5N4O.HI/c1-14-3-4-17(30-18(21)22)16(11-14)12-28-19(26-2)27-8-5-15-6-9-29(10-7-15)13-20(23,24)25;/h3-4,11,15,18H,5-10,12-13H2,1-2H3,(H2,26,27,28);1H. The van der Waals surface area contributed by atoms with E-state index in [1.54, 1.807) is 19.2 Å². The normalized spacial score (nSPS) is 16.2. The molecule has 1 fully saturated rings. The van der Waals surface area contributed by atoms with Crippen LogP contribution in [0, 0.1) is 12.8 Å². The first kappa shape index (κ1) is 27.7. The van der Waals surface area contributed by atoms with Crippen LogP contribution in [0.25, 0.3) is 0 Å². The molecule has 31 heavy (non-hydrogen) atoms. The molecule has 1 aliphatic heterocycles. The molecule has 11 heteroatoms. The quantitative estimate of drug-likeness (QED) is 0.211. The van der Waals surface area contributed by atoms with Gasteiger partial charge in [0.2, 0.25) is 0 Å². The van der Waals surface area contributed by atoms with E-state index in [9.17, 15) is 22.0 Å². The summed E-state index contributed by atoms with van der Waals surface area (Å²) in [5, 5.41) is 6.25. The molecule has 1 aromatic rings.